The Morgan fingerprint density at radius 1 is 1.17 bits per heavy atom. The van der Waals surface area contributed by atoms with Crippen LogP contribution in [0, 0.1) is 0 Å². The topological polar surface area (TPSA) is 49.4 Å². The van der Waals surface area contributed by atoms with E-state index >= 15 is 0 Å². The van der Waals surface area contributed by atoms with Crippen molar-refractivity contribution in [2.75, 3.05) is 24.6 Å². The van der Waals surface area contributed by atoms with Crippen molar-refractivity contribution in [2.45, 2.75) is 57.7 Å². The fraction of sp³-hybridized carbons (Fsp3) is 1.00. The number of piperidine rings is 1. The molecule has 0 aromatic rings. The normalized spacial score (nSPS) is 32.1. The van der Waals surface area contributed by atoms with Crippen molar-refractivity contribution >= 4 is 9.84 Å². The molecule has 2 rings (SSSR count). The fourth-order valence-corrected chi connectivity index (χ4v) is 4.13. The van der Waals surface area contributed by atoms with Gasteiger partial charge in [-0.3, -0.25) is 4.90 Å². The number of nitrogens with zero attached hydrogens (tertiary/aromatic N) is 1. The molecule has 2 atom stereocenters. The minimum atomic E-state index is -2.83. The lowest BCUT2D eigenvalue weighted by Gasteiger charge is -2.37. The number of sulfone groups is 1. The van der Waals surface area contributed by atoms with Crippen LogP contribution in [0.5, 0.6) is 0 Å². The highest BCUT2D eigenvalue weighted by atomic mass is 32.2. The Hall–Kier alpha value is -0.130. The maximum absolute atomic E-state index is 11.6. The Balaban J connectivity index is 1.89. The standard InChI is InChI=1S/C13H26N2O2S/c1-3-15(7-8-18(16,17)4-2)13-9-11-5-6-12(10-13)14-11/h11-14H,3-10H2,1-2H3. The maximum atomic E-state index is 11.6. The highest BCUT2D eigenvalue weighted by molar-refractivity contribution is 7.91. The third-order valence-electron chi connectivity index (χ3n) is 4.50. The van der Waals surface area contributed by atoms with Crippen molar-refractivity contribution in [3.05, 3.63) is 0 Å². The lowest BCUT2D eigenvalue weighted by molar-refractivity contribution is 0.156. The Kier molecular flexibility index (Phi) is 4.67. The zero-order valence-corrected chi connectivity index (χ0v) is 12.4. The first-order chi connectivity index (χ1) is 8.54. The summed E-state index contributed by atoms with van der Waals surface area (Å²) >= 11 is 0. The molecule has 1 N–H and O–H groups in total. The van der Waals surface area contributed by atoms with Gasteiger partial charge in [0.2, 0.25) is 0 Å². The summed E-state index contributed by atoms with van der Waals surface area (Å²) in [5.74, 6) is 0.582. The van der Waals surface area contributed by atoms with Crippen LogP contribution in [0.15, 0.2) is 0 Å². The van der Waals surface area contributed by atoms with E-state index in [0.717, 1.165) is 6.54 Å². The van der Waals surface area contributed by atoms with Crippen molar-refractivity contribution in [3.8, 4) is 0 Å². The van der Waals surface area contributed by atoms with E-state index in [0.29, 0.717) is 30.4 Å². The molecule has 0 amide bonds. The lowest BCUT2D eigenvalue weighted by Crippen LogP contribution is -2.49. The zero-order chi connectivity index (χ0) is 13.2. The molecule has 0 radical (unpaired) electrons. The number of nitrogens with one attached hydrogen (secondary N) is 1. The van der Waals surface area contributed by atoms with Crippen LogP contribution in [-0.4, -0.2) is 56.0 Å². The van der Waals surface area contributed by atoms with Crippen LogP contribution in [0.25, 0.3) is 0 Å². The van der Waals surface area contributed by atoms with Crippen LogP contribution in [-0.2, 0) is 9.84 Å². The molecule has 2 heterocycles. The number of hydrogen-bond acceptors (Lipinski definition) is 4. The Labute approximate surface area is 111 Å². The van der Waals surface area contributed by atoms with Gasteiger partial charge >= 0.3 is 0 Å². The van der Waals surface area contributed by atoms with Gasteiger partial charge in [-0.15, -0.1) is 0 Å². The average Bonchev–Trinajstić information content (AvgIpc) is 2.69. The van der Waals surface area contributed by atoms with Gasteiger partial charge in [-0.05, 0) is 32.2 Å². The summed E-state index contributed by atoms with van der Waals surface area (Å²) in [4.78, 5) is 2.37. The molecular formula is C13H26N2O2S. The summed E-state index contributed by atoms with van der Waals surface area (Å²) in [6.45, 7) is 5.54. The Morgan fingerprint density at radius 3 is 2.28 bits per heavy atom. The van der Waals surface area contributed by atoms with Gasteiger partial charge in [0, 0.05) is 30.4 Å². The second-order valence-corrected chi connectivity index (χ2v) is 8.10. The van der Waals surface area contributed by atoms with E-state index in [9.17, 15) is 8.42 Å². The van der Waals surface area contributed by atoms with Gasteiger partial charge in [0.25, 0.3) is 0 Å². The molecule has 0 aromatic heterocycles. The average molecular weight is 274 g/mol. The predicted octanol–water partition coefficient (Wildman–Crippen LogP) is 1.03. The van der Waals surface area contributed by atoms with E-state index in [1.165, 1.54) is 25.7 Å². The van der Waals surface area contributed by atoms with Gasteiger partial charge in [-0.25, -0.2) is 8.42 Å². The minimum Gasteiger partial charge on any atom is -0.311 e. The van der Waals surface area contributed by atoms with E-state index in [-0.39, 0.29) is 5.75 Å². The largest absolute Gasteiger partial charge is 0.311 e. The Morgan fingerprint density at radius 2 is 1.78 bits per heavy atom. The van der Waals surface area contributed by atoms with E-state index in [1.54, 1.807) is 6.92 Å². The molecule has 2 saturated heterocycles. The van der Waals surface area contributed by atoms with Gasteiger partial charge in [0.1, 0.15) is 0 Å². The molecule has 5 heteroatoms. The monoisotopic (exact) mass is 274 g/mol. The van der Waals surface area contributed by atoms with E-state index in [2.05, 4.69) is 17.1 Å². The minimum absolute atomic E-state index is 0.266. The van der Waals surface area contributed by atoms with Gasteiger partial charge in [-0.1, -0.05) is 13.8 Å². The van der Waals surface area contributed by atoms with Crippen molar-refractivity contribution in [3.63, 3.8) is 0 Å². The van der Waals surface area contributed by atoms with Crippen molar-refractivity contribution in [2.24, 2.45) is 0 Å². The molecule has 2 aliphatic rings. The highest BCUT2D eigenvalue weighted by Crippen LogP contribution is 2.29. The van der Waals surface area contributed by atoms with Crippen LogP contribution >= 0.6 is 0 Å². The highest BCUT2D eigenvalue weighted by Gasteiger charge is 2.35. The van der Waals surface area contributed by atoms with Crippen LogP contribution in [0.4, 0.5) is 0 Å². The number of fused-ring (bicyclic) bond motifs is 2. The summed E-state index contributed by atoms with van der Waals surface area (Å²) in [7, 11) is -2.83. The van der Waals surface area contributed by atoms with Crippen molar-refractivity contribution in [1.82, 2.24) is 10.2 Å². The second-order valence-electron chi connectivity index (χ2n) is 5.63. The fourth-order valence-electron chi connectivity index (χ4n) is 3.32. The molecule has 2 aliphatic heterocycles. The first-order valence-corrected chi connectivity index (χ1v) is 9.06. The zero-order valence-electron chi connectivity index (χ0n) is 11.6. The van der Waals surface area contributed by atoms with E-state index in [1.807, 2.05) is 0 Å². The molecule has 0 spiro atoms. The number of rotatable bonds is 6. The van der Waals surface area contributed by atoms with Crippen LogP contribution in [0.2, 0.25) is 0 Å². The quantitative estimate of drug-likeness (QED) is 0.786. The summed E-state index contributed by atoms with van der Waals surface area (Å²) in [6.07, 6.45) is 4.98. The molecule has 2 bridgehead atoms. The lowest BCUT2D eigenvalue weighted by atomic mass is 9.98. The maximum Gasteiger partial charge on any atom is 0.151 e. The molecule has 2 fully saturated rings. The molecule has 106 valence electrons. The molecule has 0 aliphatic carbocycles. The predicted molar refractivity (Wildman–Crippen MR) is 74.5 cm³/mol. The first-order valence-electron chi connectivity index (χ1n) is 7.24. The van der Waals surface area contributed by atoms with Crippen molar-refractivity contribution in [1.29, 1.82) is 0 Å². The molecule has 18 heavy (non-hydrogen) atoms. The summed E-state index contributed by atoms with van der Waals surface area (Å²) in [6, 6.07) is 1.93. The van der Waals surface area contributed by atoms with Crippen LogP contribution in [0.1, 0.15) is 39.5 Å². The van der Waals surface area contributed by atoms with Crippen LogP contribution < -0.4 is 5.32 Å². The SMILES string of the molecule is CCN(CCS(=O)(=O)CC)C1CC2CCC(C1)N2. The smallest absolute Gasteiger partial charge is 0.151 e. The molecule has 4 nitrogen and oxygen atoms in total. The first kappa shape index (κ1) is 14.3. The van der Waals surface area contributed by atoms with E-state index < -0.39 is 9.84 Å². The van der Waals surface area contributed by atoms with E-state index in [4.69, 9.17) is 0 Å². The van der Waals surface area contributed by atoms with Crippen LogP contribution in [0.3, 0.4) is 0 Å². The van der Waals surface area contributed by atoms with Gasteiger partial charge in [0.15, 0.2) is 9.84 Å². The summed E-state index contributed by atoms with van der Waals surface area (Å²) in [5.41, 5.74) is 0. The second kappa shape index (κ2) is 5.88. The molecule has 0 saturated carbocycles. The number of hydrogen-bond donors (Lipinski definition) is 1. The molecule has 2 unspecified atom stereocenters. The third-order valence-corrected chi connectivity index (χ3v) is 6.18. The summed E-state index contributed by atoms with van der Waals surface area (Å²) < 4.78 is 23.2. The third kappa shape index (κ3) is 3.45. The molecule has 0 aromatic carbocycles. The van der Waals surface area contributed by atoms with Gasteiger partial charge < -0.3 is 5.32 Å². The molecular weight excluding hydrogens is 248 g/mol. The van der Waals surface area contributed by atoms with Gasteiger partial charge in [0.05, 0.1) is 5.75 Å². The summed E-state index contributed by atoms with van der Waals surface area (Å²) in [5, 5.41) is 3.64. The van der Waals surface area contributed by atoms with Gasteiger partial charge in [-0.2, -0.15) is 0 Å². The van der Waals surface area contributed by atoms with Crippen molar-refractivity contribution < 1.29 is 8.42 Å². The Bertz CT molecular complexity index is 357.